The average molecular weight is 495 g/mol. The van der Waals surface area contributed by atoms with Gasteiger partial charge in [-0.15, -0.1) is 0 Å². The largest absolute Gasteiger partial charge is 0.463 e. The molecule has 2 N–H and O–H groups in total. The number of carbonyl (C=O) groups is 1. The maximum Gasteiger partial charge on any atom is 0.330 e. The first-order chi connectivity index (χ1) is 16.1. The number of ether oxygens (including phenoxy) is 3. The van der Waals surface area contributed by atoms with E-state index in [9.17, 15) is 19.5 Å². The Kier molecular flexibility index (Phi) is 9.67. The minimum absolute atomic E-state index is 0.0494. The van der Waals surface area contributed by atoms with Crippen LogP contribution < -0.4 is 11.2 Å². The van der Waals surface area contributed by atoms with Gasteiger partial charge >= 0.3 is 11.7 Å². The van der Waals surface area contributed by atoms with Crippen LogP contribution in [0.1, 0.15) is 86.8 Å². The van der Waals surface area contributed by atoms with E-state index in [-0.39, 0.29) is 36.2 Å². The van der Waals surface area contributed by atoms with Gasteiger partial charge in [0.2, 0.25) is 0 Å². The van der Waals surface area contributed by atoms with Crippen LogP contribution in [-0.2, 0) is 19.0 Å². The zero-order valence-electron chi connectivity index (χ0n) is 22.1. The average Bonchev–Trinajstić information content (AvgIpc) is 3.11. The predicted octanol–water partition coefficient (Wildman–Crippen LogP) is 3.67. The van der Waals surface area contributed by atoms with Crippen molar-refractivity contribution in [2.45, 2.75) is 105 Å². The second kappa shape index (κ2) is 11.7. The van der Waals surface area contributed by atoms with E-state index in [1.165, 1.54) is 30.7 Å². The number of nitrogens with one attached hydrogen (secondary N) is 1. The summed E-state index contributed by atoms with van der Waals surface area (Å²) in [7, 11) is 0. The molecule has 0 spiro atoms. The summed E-state index contributed by atoms with van der Waals surface area (Å²) in [6, 6.07) is 1.23. The third-order valence-corrected chi connectivity index (χ3v) is 6.35. The maximum atomic E-state index is 12.5. The minimum Gasteiger partial charge on any atom is -0.463 e. The van der Waals surface area contributed by atoms with Gasteiger partial charge in [0.05, 0.1) is 6.10 Å². The van der Waals surface area contributed by atoms with Gasteiger partial charge in [0, 0.05) is 25.1 Å². The lowest BCUT2D eigenvalue weighted by Crippen LogP contribution is -2.37. The summed E-state index contributed by atoms with van der Waals surface area (Å²) >= 11 is 0. The molecule has 0 saturated carbocycles. The van der Waals surface area contributed by atoms with Gasteiger partial charge in [0.15, 0.2) is 5.79 Å². The van der Waals surface area contributed by atoms with Gasteiger partial charge in [-0.05, 0) is 43.9 Å². The first-order valence-corrected chi connectivity index (χ1v) is 12.3. The van der Waals surface area contributed by atoms with Crippen molar-refractivity contribution in [3.8, 4) is 0 Å². The van der Waals surface area contributed by atoms with Crippen molar-refractivity contribution in [2.75, 3.05) is 6.61 Å². The fraction of sp³-hybridized carbons (Fsp3) is 0.731. The number of nitrogens with zero attached hydrogens (tertiary/aromatic N) is 1. The molecule has 1 fully saturated rings. The van der Waals surface area contributed by atoms with Crippen LogP contribution in [0.15, 0.2) is 34.0 Å². The molecule has 2 heterocycles. The number of aliphatic hydroxyl groups is 1. The zero-order valence-corrected chi connectivity index (χ0v) is 22.1. The molecule has 198 valence electrons. The van der Waals surface area contributed by atoms with Crippen LogP contribution >= 0.6 is 0 Å². The van der Waals surface area contributed by atoms with Gasteiger partial charge in [0.1, 0.15) is 18.9 Å². The molecule has 9 nitrogen and oxygen atoms in total. The molecule has 0 aromatic carbocycles. The first-order valence-electron chi connectivity index (χ1n) is 12.3. The normalized spacial score (nSPS) is 21.5. The van der Waals surface area contributed by atoms with Crippen molar-refractivity contribution in [3.63, 3.8) is 0 Å². The number of esters is 1. The molecule has 0 amide bonds. The topological polar surface area (TPSA) is 120 Å². The Hall–Kier alpha value is -2.23. The third-order valence-electron chi connectivity index (χ3n) is 6.35. The number of rotatable bonds is 12. The lowest BCUT2D eigenvalue weighted by atomic mass is 9.82. The van der Waals surface area contributed by atoms with Crippen molar-refractivity contribution in [3.05, 3.63) is 45.3 Å². The maximum absolute atomic E-state index is 12.5. The van der Waals surface area contributed by atoms with Crippen molar-refractivity contribution in [2.24, 2.45) is 10.8 Å². The van der Waals surface area contributed by atoms with Crippen LogP contribution in [0.5, 0.6) is 0 Å². The summed E-state index contributed by atoms with van der Waals surface area (Å²) in [6.07, 6.45) is 6.87. The molecular weight excluding hydrogens is 452 g/mol. The van der Waals surface area contributed by atoms with Crippen LogP contribution in [0, 0.1) is 10.8 Å². The highest BCUT2D eigenvalue weighted by Gasteiger charge is 2.40. The van der Waals surface area contributed by atoms with E-state index in [1.54, 1.807) is 0 Å². The van der Waals surface area contributed by atoms with Crippen molar-refractivity contribution >= 4 is 5.97 Å². The zero-order chi connectivity index (χ0) is 26.4. The quantitative estimate of drug-likeness (QED) is 0.258. The van der Waals surface area contributed by atoms with Crippen molar-refractivity contribution in [1.82, 2.24) is 9.55 Å². The molecule has 1 saturated heterocycles. The molecule has 1 aromatic rings. The molecule has 2 unspecified atom stereocenters. The number of aromatic nitrogens is 2. The van der Waals surface area contributed by atoms with Crippen LogP contribution in [0.2, 0.25) is 0 Å². The van der Waals surface area contributed by atoms with E-state index in [0.29, 0.717) is 6.42 Å². The molecule has 0 radical (unpaired) electrons. The lowest BCUT2D eigenvalue weighted by Gasteiger charge is -2.26. The van der Waals surface area contributed by atoms with E-state index in [2.05, 4.69) is 51.8 Å². The van der Waals surface area contributed by atoms with E-state index in [4.69, 9.17) is 14.2 Å². The molecular formula is C26H42N2O7. The van der Waals surface area contributed by atoms with Crippen LogP contribution in [-0.4, -0.2) is 45.2 Å². The van der Waals surface area contributed by atoms with E-state index in [1.807, 2.05) is 0 Å². The second-order valence-electron chi connectivity index (χ2n) is 11.3. The molecule has 1 aliphatic heterocycles. The number of H-pyrrole nitrogens is 1. The standard InChI is InChI=1S/C26H42N2O7/c1-8-24(2,3)12-9-13-25(4,5)14-10-22(30)33-17-19-18(35-26(6,7)32)16-21(34-19)28-15-11-20(29)27-23(28)31/h9,11-12,15,18-19,21,32H,8,10,13-14,16-17H2,1-7H3,(H,27,29,31)/b12-9-/t18-,19?,21?/m0/s1. The van der Waals surface area contributed by atoms with Crippen LogP contribution in [0.25, 0.3) is 0 Å². The lowest BCUT2D eigenvalue weighted by molar-refractivity contribution is -0.218. The highest BCUT2D eigenvalue weighted by Crippen LogP contribution is 2.33. The Labute approximate surface area is 207 Å². The van der Waals surface area contributed by atoms with Gasteiger partial charge in [-0.25, -0.2) is 4.79 Å². The van der Waals surface area contributed by atoms with E-state index < -0.39 is 35.5 Å². The Morgan fingerprint density at radius 2 is 1.94 bits per heavy atom. The number of aromatic amines is 1. The Morgan fingerprint density at radius 3 is 2.54 bits per heavy atom. The molecule has 0 bridgehead atoms. The van der Waals surface area contributed by atoms with Gasteiger partial charge in [-0.1, -0.05) is 46.8 Å². The molecule has 35 heavy (non-hydrogen) atoms. The summed E-state index contributed by atoms with van der Waals surface area (Å²) in [5.41, 5.74) is -1.00. The highest BCUT2D eigenvalue weighted by molar-refractivity contribution is 5.69. The van der Waals surface area contributed by atoms with E-state index >= 15 is 0 Å². The van der Waals surface area contributed by atoms with E-state index in [0.717, 1.165) is 12.8 Å². The summed E-state index contributed by atoms with van der Waals surface area (Å²) in [6.45, 7) is 13.7. The number of carbonyl (C=O) groups excluding carboxylic acids is 1. The van der Waals surface area contributed by atoms with Crippen LogP contribution in [0.4, 0.5) is 0 Å². The van der Waals surface area contributed by atoms with Crippen molar-refractivity contribution in [1.29, 1.82) is 0 Å². The summed E-state index contributed by atoms with van der Waals surface area (Å²) < 4.78 is 18.4. The Morgan fingerprint density at radius 1 is 1.26 bits per heavy atom. The van der Waals surface area contributed by atoms with Crippen molar-refractivity contribution < 1.29 is 24.1 Å². The smallest absolute Gasteiger partial charge is 0.330 e. The fourth-order valence-corrected chi connectivity index (χ4v) is 3.77. The summed E-state index contributed by atoms with van der Waals surface area (Å²) in [5.74, 6) is -1.78. The molecule has 3 atom stereocenters. The molecule has 2 rings (SSSR count). The minimum atomic E-state index is -1.44. The van der Waals surface area contributed by atoms with Gasteiger partial charge in [-0.3, -0.25) is 19.1 Å². The number of hydrogen-bond donors (Lipinski definition) is 2. The molecule has 1 aliphatic rings. The molecule has 1 aromatic heterocycles. The summed E-state index contributed by atoms with van der Waals surface area (Å²) in [5, 5.41) is 10.1. The van der Waals surface area contributed by atoms with Gasteiger partial charge in [0.25, 0.3) is 5.56 Å². The molecule has 0 aliphatic carbocycles. The predicted molar refractivity (Wildman–Crippen MR) is 133 cm³/mol. The van der Waals surface area contributed by atoms with Gasteiger partial charge < -0.3 is 19.3 Å². The second-order valence-corrected chi connectivity index (χ2v) is 11.3. The first kappa shape index (κ1) is 29.0. The van der Waals surface area contributed by atoms with Crippen LogP contribution in [0.3, 0.4) is 0 Å². The van der Waals surface area contributed by atoms with Gasteiger partial charge in [-0.2, -0.15) is 0 Å². The fourth-order valence-electron chi connectivity index (χ4n) is 3.77. The SMILES string of the molecule is CCC(C)(C)/C=C\CC(C)(C)CCC(=O)OCC1OC(n2ccc(=O)[nH]c2=O)C[C@@H]1OC(C)(C)O. The Bertz CT molecular complexity index is 984. The number of allylic oxidation sites excluding steroid dienone is 2. The summed E-state index contributed by atoms with van der Waals surface area (Å²) in [4.78, 5) is 38.2. The highest BCUT2D eigenvalue weighted by atomic mass is 16.7. The number of hydrogen-bond acceptors (Lipinski definition) is 7. The molecule has 9 heteroatoms. The monoisotopic (exact) mass is 494 g/mol. The Balaban J connectivity index is 1.94. The third kappa shape index (κ3) is 9.74.